The molecule has 0 aliphatic carbocycles. The van der Waals surface area contributed by atoms with Gasteiger partial charge in [-0.2, -0.15) is 0 Å². The quantitative estimate of drug-likeness (QED) is 0.817. The standard InChI is InChI=1S/C18H23FN2/c1-3-21(4-2)14-16-9-5-6-11-18(16)20-13-15-8-7-10-17(19)12-15/h5-12,20H,3-4,13-14H2,1-2H3. The van der Waals surface area contributed by atoms with Crippen molar-refractivity contribution in [2.45, 2.75) is 26.9 Å². The maximum atomic E-state index is 13.2. The molecule has 0 saturated carbocycles. The number of anilines is 1. The van der Waals surface area contributed by atoms with Crippen LogP contribution in [0.3, 0.4) is 0 Å². The van der Waals surface area contributed by atoms with Crippen LogP contribution in [-0.2, 0) is 13.1 Å². The van der Waals surface area contributed by atoms with Crippen molar-refractivity contribution in [2.24, 2.45) is 0 Å². The number of nitrogens with one attached hydrogen (secondary N) is 1. The van der Waals surface area contributed by atoms with Crippen molar-refractivity contribution < 1.29 is 4.39 Å². The van der Waals surface area contributed by atoms with E-state index in [0.717, 1.165) is 30.9 Å². The topological polar surface area (TPSA) is 15.3 Å². The molecule has 21 heavy (non-hydrogen) atoms. The summed E-state index contributed by atoms with van der Waals surface area (Å²) in [6.07, 6.45) is 0. The van der Waals surface area contributed by atoms with E-state index >= 15 is 0 Å². The first-order chi connectivity index (χ1) is 10.2. The first-order valence-electron chi connectivity index (χ1n) is 7.51. The maximum absolute atomic E-state index is 13.2. The van der Waals surface area contributed by atoms with Crippen molar-refractivity contribution in [3.63, 3.8) is 0 Å². The highest BCUT2D eigenvalue weighted by atomic mass is 19.1. The molecule has 3 heteroatoms. The fraction of sp³-hybridized carbons (Fsp3) is 0.333. The van der Waals surface area contributed by atoms with Crippen LogP contribution in [0, 0.1) is 5.82 Å². The second-order valence-electron chi connectivity index (χ2n) is 5.10. The lowest BCUT2D eigenvalue weighted by Gasteiger charge is -2.20. The monoisotopic (exact) mass is 286 g/mol. The first-order valence-corrected chi connectivity index (χ1v) is 7.51. The minimum atomic E-state index is -0.189. The van der Waals surface area contributed by atoms with Crippen LogP contribution in [0.4, 0.5) is 10.1 Å². The largest absolute Gasteiger partial charge is 0.381 e. The third-order valence-electron chi connectivity index (χ3n) is 3.68. The smallest absolute Gasteiger partial charge is 0.123 e. The molecule has 0 atom stereocenters. The van der Waals surface area contributed by atoms with Gasteiger partial charge in [0, 0.05) is 18.8 Å². The lowest BCUT2D eigenvalue weighted by molar-refractivity contribution is 0.296. The van der Waals surface area contributed by atoms with Crippen LogP contribution < -0.4 is 5.32 Å². The van der Waals surface area contributed by atoms with Crippen LogP contribution in [0.1, 0.15) is 25.0 Å². The zero-order valence-electron chi connectivity index (χ0n) is 12.8. The molecular formula is C18H23FN2. The van der Waals surface area contributed by atoms with Crippen molar-refractivity contribution in [1.29, 1.82) is 0 Å². The van der Waals surface area contributed by atoms with Gasteiger partial charge in [0.2, 0.25) is 0 Å². The summed E-state index contributed by atoms with van der Waals surface area (Å²) in [7, 11) is 0. The molecule has 0 aromatic heterocycles. The molecule has 2 aromatic carbocycles. The van der Waals surface area contributed by atoms with Crippen molar-refractivity contribution in [1.82, 2.24) is 4.90 Å². The number of para-hydroxylation sites is 1. The number of halogens is 1. The Hall–Kier alpha value is -1.87. The molecule has 2 nitrogen and oxygen atoms in total. The predicted molar refractivity (Wildman–Crippen MR) is 86.8 cm³/mol. The van der Waals surface area contributed by atoms with Gasteiger partial charge < -0.3 is 5.32 Å². The highest BCUT2D eigenvalue weighted by Gasteiger charge is 2.06. The van der Waals surface area contributed by atoms with E-state index in [9.17, 15) is 4.39 Å². The van der Waals surface area contributed by atoms with Gasteiger partial charge >= 0.3 is 0 Å². The van der Waals surface area contributed by atoms with Gasteiger partial charge in [-0.05, 0) is 42.4 Å². The lowest BCUT2D eigenvalue weighted by atomic mass is 10.1. The molecule has 2 aromatic rings. The van der Waals surface area contributed by atoms with E-state index in [2.05, 4.69) is 42.3 Å². The van der Waals surface area contributed by atoms with E-state index in [1.165, 1.54) is 11.6 Å². The number of benzene rings is 2. The minimum Gasteiger partial charge on any atom is -0.381 e. The van der Waals surface area contributed by atoms with Crippen molar-refractivity contribution in [3.8, 4) is 0 Å². The van der Waals surface area contributed by atoms with Crippen molar-refractivity contribution in [3.05, 3.63) is 65.5 Å². The van der Waals surface area contributed by atoms with E-state index in [0.29, 0.717) is 6.54 Å². The van der Waals surface area contributed by atoms with E-state index in [1.807, 2.05) is 12.1 Å². The Kier molecular flexibility index (Phi) is 5.76. The summed E-state index contributed by atoms with van der Waals surface area (Å²) in [5.74, 6) is -0.189. The first kappa shape index (κ1) is 15.5. The Labute approximate surface area is 126 Å². The van der Waals surface area contributed by atoms with Gasteiger partial charge in [-0.1, -0.05) is 44.2 Å². The summed E-state index contributed by atoms with van der Waals surface area (Å²) in [5.41, 5.74) is 3.35. The Balaban J connectivity index is 2.06. The summed E-state index contributed by atoms with van der Waals surface area (Å²) >= 11 is 0. The zero-order valence-corrected chi connectivity index (χ0v) is 12.8. The molecular weight excluding hydrogens is 263 g/mol. The van der Waals surface area contributed by atoms with Crippen LogP contribution in [0.5, 0.6) is 0 Å². The lowest BCUT2D eigenvalue weighted by Crippen LogP contribution is -2.22. The zero-order chi connectivity index (χ0) is 15.1. The Morgan fingerprint density at radius 1 is 1.00 bits per heavy atom. The predicted octanol–water partition coefficient (Wildman–Crippen LogP) is 4.28. The maximum Gasteiger partial charge on any atom is 0.123 e. The Bertz CT molecular complexity index is 565. The van der Waals surface area contributed by atoms with Gasteiger partial charge in [-0.25, -0.2) is 4.39 Å². The molecule has 112 valence electrons. The van der Waals surface area contributed by atoms with Crippen LogP contribution in [0.2, 0.25) is 0 Å². The second-order valence-corrected chi connectivity index (χ2v) is 5.10. The average molecular weight is 286 g/mol. The molecule has 0 unspecified atom stereocenters. The van der Waals surface area contributed by atoms with Gasteiger partial charge in [-0.3, -0.25) is 4.90 Å². The highest BCUT2D eigenvalue weighted by Crippen LogP contribution is 2.18. The third-order valence-corrected chi connectivity index (χ3v) is 3.68. The fourth-order valence-electron chi connectivity index (χ4n) is 2.36. The highest BCUT2D eigenvalue weighted by molar-refractivity contribution is 5.51. The number of hydrogen-bond donors (Lipinski definition) is 1. The fourth-order valence-corrected chi connectivity index (χ4v) is 2.36. The van der Waals surface area contributed by atoms with E-state index in [-0.39, 0.29) is 5.82 Å². The molecule has 0 radical (unpaired) electrons. The van der Waals surface area contributed by atoms with Gasteiger partial charge in [0.05, 0.1) is 0 Å². The Morgan fingerprint density at radius 2 is 1.76 bits per heavy atom. The minimum absolute atomic E-state index is 0.189. The number of nitrogens with zero attached hydrogens (tertiary/aromatic N) is 1. The molecule has 1 N–H and O–H groups in total. The molecule has 0 heterocycles. The molecule has 0 spiro atoms. The molecule has 0 amide bonds. The third kappa shape index (κ3) is 4.57. The molecule has 0 aliphatic heterocycles. The summed E-state index contributed by atoms with van der Waals surface area (Å²) in [4.78, 5) is 2.38. The van der Waals surface area contributed by atoms with E-state index in [4.69, 9.17) is 0 Å². The van der Waals surface area contributed by atoms with E-state index < -0.39 is 0 Å². The summed E-state index contributed by atoms with van der Waals surface area (Å²) in [6, 6.07) is 15.0. The van der Waals surface area contributed by atoms with Gasteiger partial charge in [0.15, 0.2) is 0 Å². The normalized spacial score (nSPS) is 10.9. The molecule has 0 saturated heterocycles. The number of hydrogen-bond acceptors (Lipinski definition) is 2. The molecule has 0 fully saturated rings. The van der Waals surface area contributed by atoms with Crippen LogP contribution in [0.25, 0.3) is 0 Å². The summed E-state index contributed by atoms with van der Waals surface area (Å²) < 4.78 is 13.2. The van der Waals surface area contributed by atoms with E-state index in [1.54, 1.807) is 12.1 Å². The van der Waals surface area contributed by atoms with Gasteiger partial charge in [-0.15, -0.1) is 0 Å². The van der Waals surface area contributed by atoms with Crippen molar-refractivity contribution >= 4 is 5.69 Å². The SMILES string of the molecule is CCN(CC)Cc1ccccc1NCc1cccc(F)c1. The van der Waals surface area contributed by atoms with Crippen LogP contribution >= 0.6 is 0 Å². The molecule has 2 rings (SSSR count). The average Bonchev–Trinajstić information content (AvgIpc) is 2.51. The summed E-state index contributed by atoms with van der Waals surface area (Å²) in [5, 5.41) is 3.42. The van der Waals surface area contributed by atoms with Crippen LogP contribution in [-0.4, -0.2) is 18.0 Å². The van der Waals surface area contributed by atoms with Gasteiger partial charge in [0.25, 0.3) is 0 Å². The van der Waals surface area contributed by atoms with Crippen LogP contribution in [0.15, 0.2) is 48.5 Å². The number of rotatable bonds is 7. The van der Waals surface area contributed by atoms with Crippen molar-refractivity contribution in [2.75, 3.05) is 18.4 Å². The Morgan fingerprint density at radius 3 is 2.48 bits per heavy atom. The summed E-state index contributed by atoms with van der Waals surface area (Å²) in [6.45, 7) is 7.98. The molecule has 0 aliphatic rings. The van der Waals surface area contributed by atoms with Gasteiger partial charge in [0.1, 0.15) is 5.82 Å². The second kappa shape index (κ2) is 7.79. The molecule has 0 bridgehead atoms.